The fraction of sp³-hybridized carbons (Fsp3) is 0.143. The summed E-state index contributed by atoms with van der Waals surface area (Å²) in [4.78, 5) is 15.9. The maximum atomic E-state index is 10.7. The van der Waals surface area contributed by atoms with E-state index in [0.29, 0.717) is 5.75 Å². The highest BCUT2D eigenvalue weighted by molar-refractivity contribution is 7.98. The molecule has 1 aromatic heterocycles. The van der Waals surface area contributed by atoms with Crippen molar-refractivity contribution in [1.29, 1.82) is 0 Å². The third-order valence-corrected chi connectivity index (χ3v) is 3.84. The fourth-order valence-corrected chi connectivity index (χ4v) is 2.53. The van der Waals surface area contributed by atoms with Crippen molar-refractivity contribution in [3.8, 4) is 0 Å². The largest absolute Gasteiger partial charge is 0.478 e. The van der Waals surface area contributed by atoms with Gasteiger partial charge in [-0.3, -0.25) is 4.98 Å². The van der Waals surface area contributed by atoms with E-state index < -0.39 is 5.97 Å². The van der Waals surface area contributed by atoms with Gasteiger partial charge in [-0.2, -0.15) is 0 Å². The number of nitrogen functional groups attached to an aromatic ring is 1. The Hall–Kier alpha value is -2.01. The van der Waals surface area contributed by atoms with E-state index in [1.54, 1.807) is 23.9 Å². The van der Waals surface area contributed by atoms with E-state index in [9.17, 15) is 4.79 Å². The van der Waals surface area contributed by atoms with Crippen LogP contribution in [0, 0.1) is 6.92 Å². The monoisotopic (exact) mass is 274 g/mol. The number of rotatable bonds is 4. The van der Waals surface area contributed by atoms with Crippen molar-refractivity contribution in [2.75, 3.05) is 5.73 Å². The van der Waals surface area contributed by atoms with Gasteiger partial charge in [-0.1, -0.05) is 12.1 Å². The summed E-state index contributed by atoms with van der Waals surface area (Å²) in [6, 6.07) is 9.19. The van der Waals surface area contributed by atoms with Crippen LogP contribution in [0.5, 0.6) is 0 Å². The van der Waals surface area contributed by atoms with Crippen molar-refractivity contribution in [3.63, 3.8) is 0 Å². The molecule has 98 valence electrons. The zero-order chi connectivity index (χ0) is 13.8. The van der Waals surface area contributed by atoms with E-state index in [4.69, 9.17) is 10.8 Å². The summed E-state index contributed by atoms with van der Waals surface area (Å²) in [5.41, 5.74) is 8.86. The Morgan fingerprint density at radius 1 is 1.37 bits per heavy atom. The summed E-state index contributed by atoms with van der Waals surface area (Å²) in [5, 5.41) is 8.79. The smallest absolute Gasteiger partial charge is 0.337 e. The van der Waals surface area contributed by atoms with Crippen LogP contribution in [0.2, 0.25) is 0 Å². The van der Waals surface area contributed by atoms with E-state index in [-0.39, 0.29) is 5.56 Å². The van der Waals surface area contributed by atoms with Gasteiger partial charge in [-0.05, 0) is 30.7 Å². The first-order valence-corrected chi connectivity index (χ1v) is 6.72. The number of aryl methyl sites for hydroxylation is 1. The minimum atomic E-state index is -0.963. The Morgan fingerprint density at radius 3 is 2.79 bits per heavy atom. The van der Waals surface area contributed by atoms with Gasteiger partial charge in [0.15, 0.2) is 0 Å². The van der Waals surface area contributed by atoms with Gasteiger partial charge in [0, 0.05) is 22.5 Å². The number of nitrogens with two attached hydrogens (primary N) is 1. The van der Waals surface area contributed by atoms with E-state index >= 15 is 0 Å². The molecule has 0 saturated heterocycles. The molecule has 0 amide bonds. The molecule has 0 atom stereocenters. The van der Waals surface area contributed by atoms with Crippen LogP contribution in [-0.2, 0) is 5.75 Å². The van der Waals surface area contributed by atoms with Gasteiger partial charge < -0.3 is 10.8 Å². The second-order valence-corrected chi connectivity index (χ2v) is 5.14. The summed E-state index contributed by atoms with van der Waals surface area (Å²) in [5.74, 6) is -0.303. The minimum absolute atomic E-state index is 0.198. The van der Waals surface area contributed by atoms with Gasteiger partial charge >= 0.3 is 5.97 Å². The quantitative estimate of drug-likeness (QED) is 0.662. The number of carboxylic acid groups (broad SMARTS) is 1. The first kappa shape index (κ1) is 13.4. The molecule has 0 radical (unpaired) electrons. The molecule has 1 aromatic carbocycles. The number of para-hydroxylation sites is 1. The lowest BCUT2D eigenvalue weighted by Crippen LogP contribution is -1.98. The highest BCUT2D eigenvalue weighted by Crippen LogP contribution is 2.29. The predicted molar refractivity (Wildman–Crippen MR) is 76.3 cm³/mol. The summed E-state index contributed by atoms with van der Waals surface area (Å²) < 4.78 is 0. The van der Waals surface area contributed by atoms with Crippen molar-refractivity contribution in [2.45, 2.75) is 17.6 Å². The molecule has 2 aromatic rings. The van der Waals surface area contributed by atoms with E-state index in [1.807, 2.05) is 25.1 Å². The first-order valence-electron chi connectivity index (χ1n) is 5.74. The van der Waals surface area contributed by atoms with Gasteiger partial charge in [-0.15, -0.1) is 11.8 Å². The number of anilines is 1. The van der Waals surface area contributed by atoms with Crippen LogP contribution in [0.4, 0.5) is 5.69 Å². The average molecular weight is 274 g/mol. The molecular weight excluding hydrogens is 260 g/mol. The molecule has 0 aliphatic heterocycles. The molecule has 1 heterocycles. The lowest BCUT2D eigenvalue weighted by atomic mass is 10.2. The predicted octanol–water partition coefficient (Wildman–Crippen LogP) is 2.96. The lowest BCUT2D eigenvalue weighted by Gasteiger charge is -2.07. The molecule has 5 heteroatoms. The van der Waals surface area contributed by atoms with Gasteiger partial charge in [0.1, 0.15) is 0 Å². The molecule has 0 spiro atoms. The summed E-state index contributed by atoms with van der Waals surface area (Å²) in [6.45, 7) is 1.97. The minimum Gasteiger partial charge on any atom is -0.478 e. The third-order valence-electron chi connectivity index (χ3n) is 2.73. The highest BCUT2D eigenvalue weighted by atomic mass is 32.2. The maximum absolute atomic E-state index is 10.7. The molecule has 4 nitrogen and oxygen atoms in total. The number of nitrogens with zero attached hydrogens (tertiary/aromatic N) is 1. The number of hydrogen-bond donors (Lipinski definition) is 2. The Morgan fingerprint density at radius 2 is 2.16 bits per heavy atom. The maximum Gasteiger partial charge on any atom is 0.337 e. The number of carboxylic acids is 1. The molecule has 3 N–H and O–H groups in total. The number of pyridine rings is 1. The molecule has 0 fully saturated rings. The van der Waals surface area contributed by atoms with Gasteiger partial charge in [0.2, 0.25) is 0 Å². The van der Waals surface area contributed by atoms with Gasteiger partial charge in [0.25, 0.3) is 0 Å². The number of thioether (sulfide) groups is 1. The van der Waals surface area contributed by atoms with Gasteiger partial charge in [-0.25, -0.2) is 4.79 Å². The summed E-state index contributed by atoms with van der Waals surface area (Å²) in [6.07, 6.45) is 1.37. The zero-order valence-corrected chi connectivity index (χ0v) is 11.3. The molecule has 0 aliphatic carbocycles. The highest BCUT2D eigenvalue weighted by Gasteiger charge is 2.05. The Labute approximate surface area is 115 Å². The average Bonchev–Trinajstić information content (AvgIpc) is 2.41. The second kappa shape index (κ2) is 5.75. The zero-order valence-electron chi connectivity index (χ0n) is 10.5. The standard InChI is InChI=1S/C14H14N2O2S/c1-9-3-2-4-12(13(9)15)19-8-11-6-5-10(7-16-11)14(17)18/h2-7H,8,15H2,1H3,(H,17,18). The SMILES string of the molecule is Cc1cccc(SCc2ccc(C(=O)O)cn2)c1N. The third kappa shape index (κ3) is 3.26. The van der Waals surface area contributed by atoms with Crippen LogP contribution in [-0.4, -0.2) is 16.1 Å². The van der Waals surface area contributed by atoms with Gasteiger partial charge in [0.05, 0.1) is 11.3 Å². The van der Waals surface area contributed by atoms with Crippen LogP contribution < -0.4 is 5.73 Å². The van der Waals surface area contributed by atoms with Crippen LogP contribution in [0.25, 0.3) is 0 Å². The van der Waals surface area contributed by atoms with Crippen molar-refractivity contribution >= 4 is 23.4 Å². The van der Waals surface area contributed by atoms with Crippen molar-refractivity contribution in [1.82, 2.24) is 4.98 Å². The Kier molecular flexibility index (Phi) is 4.06. The number of aromatic carboxylic acids is 1. The second-order valence-electron chi connectivity index (χ2n) is 4.12. The lowest BCUT2D eigenvalue weighted by molar-refractivity contribution is 0.0696. The molecule has 0 saturated carbocycles. The number of hydrogen-bond acceptors (Lipinski definition) is 4. The molecule has 0 aliphatic rings. The fourth-order valence-electron chi connectivity index (χ4n) is 1.57. The molecule has 19 heavy (non-hydrogen) atoms. The van der Waals surface area contributed by atoms with Crippen molar-refractivity contribution in [2.24, 2.45) is 0 Å². The van der Waals surface area contributed by atoms with Crippen LogP contribution in [0.3, 0.4) is 0 Å². The van der Waals surface area contributed by atoms with E-state index in [2.05, 4.69) is 4.98 Å². The summed E-state index contributed by atoms with van der Waals surface area (Å²) in [7, 11) is 0. The molecule has 0 bridgehead atoms. The van der Waals surface area contributed by atoms with Crippen LogP contribution >= 0.6 is 11.8 Å². The van der Waals surface area contributed by atoms with Crippen molar-refractivity contribution < 1.29 is 9.90 Å². The number of carbonyl (C=O) groups is 1. The summed E-state index contributed by atoms with van der Waals surface area (Å²) >= 11 is 1.59. The number of aromatic nitrogens is 1. The Bertz CT molecular complexity index is 597. The first-order chi connectivity index (χ1) is 9.08. The number of benzene rings is 1. The van der Waals surface area contributed by atoms with E-state index in [1.165, 1.54) is 6.20 Å². The topological polar surface area (TPSA) is 76.2 Å². The van der Waals surface area contributed by atoms with Crippen LogP contribution in [0.1, 0.15) is 21.6 Å². The van der Waals surface area contributed by atoms with Crippen molar-refractivity contribution in [3.05, 3.63) is 53.3 Å². The van der Waals surface area contributed by atoms with E-state index in [0.717, 1.165) is 21.8 Å². The Balaban J connectivity index is 2.06. The molecule has 0 unspecified atom stereocenters. The molecular formula is C14H14N2O2S. The molecule has 2 rings (SSSR count). The normalized spacial score (nSPS) is 10.4. The van der Waals surface area contributed by atoms with Crippen LogP contribution in [0.15, 0.2) is 41.4 Å².